The van der Waals surface area contributed by atoms with Crippen LogP contribution in [0.1, 0.15) is 80.0 Å². The second kappa shape index (κ2) is 9.41. The van der Waals surface area contributed by atoms with Crippen molar-refractivity contribution >= 4 is 5.78 Å². The zero-order chi connectivity index (χ0) is 32.1. The number of ether oxygens (including phenoxy) is 2. The van der Waals surface area contributed by atoms with E-state index in [4.69, 9.17) is 9.47 Å². The van der Waals surface area contributed by atoms with Crippen molar-refractivity contribution in [3.8, 4) is 23.0 Å². The van der Waals surface area contributed by atoms with E-state index < -0.39 is 40.3 Å². The van der Waals surface area contributed by atoms with Crippen molar-refractivity contribution in [1.82, 2.24) is 10.2 Å². The molecule has 11 rings (SSSR count). The number of rotatable bonds is 2. The van der Waals surface area contributed by atoms with Crippen LogP contribution in [0.4, 0.5) is 0 Å². The minimum absolute atomic E-state index is 0.0452. The molecular weight excluding hydrogens is 600 g/mol. The van der Waals surface area contributed by atoms with E-state index >= 15 is 0 Å². The highest BCUT2D eigenvalue weighted by Crippen LogP contribution is 2.66. The highest BCUT2D eigenvalue weighted by atomic mass is 16.5. The number of aromatic hydroxyl groups is 2. The predicted octanol–water partition coefficient (Wildman–Crippen LogP) is 2.11. The van der Waals surface area contributed by atoms with Gasteiger partial charge >= 0.3 is 0 Å². The molecule has 47 heavy (non-hydrogen) atoms. The van der Waals surface area contributed by atoms with Gasteiger partial charge in [0.15, 0.2) is 34.9 Å². The van der Waals surface area contributed by atoms with Gasteiger partial charge < -0.3 is 40.3 Å². The second-order valence-corrected chi connectivity index (χ2v) is 16.0. The smallest absolute Gasteiger partial charge is 0.174 e. The Bertz CT molecular complexity index is 1710. The van der Waals surface area contributed by atoms with E-state index in [1.165, 1.54) is 24.8 Å². The minimum atomic E-state index is -0.962. The molecular formula is C37H44N2O8. The first-order chi connectivity index (χ1) is 22.6. The number of nitrogens with zero attached hydrogens (tertiary/aromatic N) is 1. The van der Waals surface area contributed by atoms with Crippen molar-refractivity contribution in [2.24, 2.45) is 5.92 Å². The molecule has 10 nitrogen and oxygen atoms in total. The Labute approximate surface area is 273 Å². The standard InChI is InChI=1S/C21H27NO4.C16H17NO4/c23-14-5-4-13-10-16-21(25)7-6-15(24)19-20(21,17(13)18(14)26-19)8-9-22(16)11-12-2-1-3-12;18-9-2-1-8-7-11-16(20)4-3-10(19)14-15(16,5-6-17-11)12(8)13(9)21-14/h4-5,12,15-16,19,23-25H,1-3,6-11H2;1-2,11,14,17-18,20H,3-7H2/t15-,16?,19-,20-,21+;11?,14-,15-,16+/m11/s1. The normalized spacial score (nSPS) is 43.0. The summed E-state index contributed by atoms with van der Waals surface area (Å²) in [5.74, 6) is 1.96. The number of carbonyl (C=O) groups is 1. The molecule has 4 bridgehead atoms. The summed E-state index contributed by atoms with van der Waals surface area (Å²) < 4.78 is 12.1. The highest BCUT2D eigenvalue weighted by Gasteiger charge is 2.74. The zero-order valence-electron chi connectivity index (χ0n) is 26.6. The third-order valence-corrected chi connectivity index (χ3v) is 14.3. The predicted molar refractivity (Wildman–Crippen MR) is 169 cm³/mol. The van der Waals surface area contributed by atoms with Crippen LogP contribution in [0.25, 0.3) is 0 Å². The summed E-state index contributed by atoms with van der Waals surface area (Å²) in [6, 6.07) is 7.28. The molecule has 0 amide bonds. The Balaban J connectivity index is 0.000000124. The van der Waals surface area contributed by atoms with Crippen LogP contribution in [0, 0.1) is 5.92 Å². The van der Waals surface area contributed by atoms with Gasteiger partial charge in [-0.3, -0.25) is 9.69 Å². The van der Waals surface area contributed by atoms with Crippen molar-refractivity contribution in [3.63, 3.8) is 0 Å². The first kappa shape index (κ1) is 29.1. The summed E-state index contributed by atoms with van der Waals surface area (Å²) in [6.45, 7) is 2.77. The Morgan fingerprint density at radius 1 is 0.851 bits per heavy atom. The van der Waals surface area contributed by atoms with Crippen LogP contribution in [0.3, 0.4) is 0 Å². The van der Waals surface area contributed by atoms with Gasteiger partial charge in [-0.25, -0.2) is 0 Å². The number of hydrogen-bond donors (Lipinski definition) is 6. The molecule has 5 aliphatic carbocycles. The Kier molecular flexibility index (Phi) is 5.82. The molecule has 10 heteroatoms. The van der Waals surface area contributed by atoms with Crippen LogP contribution in [0.5, 0.6) is 23.0 Å². The molecule has 9 aliphatic rings. The number of nitrogens with one attached hydrogen (secondary N) is 1. The van der Waals surface area contributed by atoms with E-state index in [1.807, 2.05) is 12.1 Å². The van der Waals surface area contributed by atoms with Gasteiger partial charge in [0.25, 0.3) is 0 Å². The molecule has 5 fully saturated rings. The summed E-state index contributed by atoms with van der Waals surface area (Å²) in [5, 5.41) is 58.2. The molecule has 2 spiro atoms. The molecule has 4 aliphatic heterocycles. The van der Waals surface area contributed by atoms with E-state index in [0.717, 1.165) is 55.1 Å². The van der Waals surface area contributed by atoms with Gasteiger partial charge in [0, 0.05) is 36.2 Å². The fourth-order valence-corrected chi connectivity index (χ4v) is 12.1. The summed E-state index contributed by atoms with van der Waals surface area (Å²) in [4.78, 5) is 15.0. The number of Topliss-reactive ketones (excluding diaryl/α,β-unsaturated/α-hetero) is 1. The molecule has 9 atom stereocenters. The molecule has 2 aromatic carbocycles. The number of phenolic OH excluding ortho intramolecular Hbond substituents is 2. The van der Waals surface area contributed by atoms with Crippen molar-refractivity contribution in [2.75, 3.05) is 19.6 Å². The monoisotopic (exact) mass is 644 g/mol. The SMILES string of the molecule is O=C1CC[C@]2(O)C3Cc4ccc(O)c5c4[C@]2(CCN3)[C@@H]1O5.Oc1ccc2c3c1O[C@@H]1[C@H](O)CC[C@]4(O)C(C2)N(CC2CCC2)CC[C@@]314. The number of aliphatic hydroxyl groups excluding tert-OH is 1. The summed E-state index contributed by atoms with van der Waals surface area (Å²) >= 11 is 0. The maximum Gasteiger partial charge on any atom is 0.174 e. The Hall–Kier alpha value is -2.89. The van der Waals surface area contributed by atoms with Gasteiger partial charge in [-0.2, -0.15) is 0 Å². The number of hydrogen-bond acceptors (Lipinski definition) is 10. The highest BCUT2D eigenvalue weighted by molar-refractivity contribution is 5.90. The fraction of sp³-hybridized carbons (Fsp3) is 0.649. The molecule has 2 unspecified atom stereocenters. The lowest BCUT2D eigenvalue weighted by atomic mass is 9.48. The number of aliphatic hydroxyl groups is 3. The van der Waals surface area contributed by atoms with Gasteiger partial charge in [0.1, 0.15) is 6.10 Å². The van der Waals surface area contributed by atoms with Crippen molar-refractivity contribution in [1.29, 1.82) is 0 Å². The van der Waals surface area contributed by atoms with Gasteiger partial charge in [-0.1, -0.05) is 18.6 Å². The van der Waals surface area contributed by atoms with E-state index in [9.17, 15) is 30.3 Å². The lowest BCUT2D eigenvalue weighted by Gasteiger charge is -2.64. The molecule has 0 radical (unpaired) electrons. The van der Waals surface area contributed by atoms with Crippen LogP contribution in [0.2, 0.25) is 0 Å². The number of carbonyl (C=O) groups excluding carboxylic acids is 1. The van der Waals surface area contributed by atoms with E-state index in [-0.39, 0.29) is 29.4 Å². The summed E-state index contributed by atoms with van der Waals surface area (Å²) in [7, 11) is 0. The van der Waals surface area contributed by atoms with Crippen LogP contribution < -0.4 is 14.8 Å². The molecule has 3 saturated carbocycles. The second-order valence-electron chi connectivity index (χ2n) is 16.0. The minimum Gasteiger partial charge on any atom is -0.504 e. The van der Waals surface area contributed by atoms with Gasteiger partial charge in [-0.15, -0.1) is 0 Å². The summed E-state index contributed by atoms with van der Waals surface area (Å²) in [6.07, 6.45) is 7.22. The Morgan fingerprint density at radius 2 is 1.57 bits per heavy atom. The number of benzene rings is 2. The van der Waals surface area contributed by atoms with Gasteiger partial charge in [0.05, 0.1) is 28.1 Å². The summed E-state index contributed by atoms with van der Waals surface area (Å²) in [5.41, 5.74) is 1.04. The molecule has 250 valence electrons. The number of phenols is 2. The first-order valence-electron chi connectivity index (χ1n) is 17.8. The lowest BCUT2D eigenvalue weighted by Crippen LogP contribution is -2.77. The van der Waals surface area contributed by atoms with Crippen molar-refractivity contribution < 1.29 is 39.8 Å². The topological polar surface area (TPSA) is 152 Å². The first-order valence-corrected chi connectivity index (χ1v) is 17.8. The molecule has 2 saturated heterocycles. The fourth-order valence-electron chi connectivity index (χ4n) is 12.1. The van der Waals surface area contributed by atoms with Gasteiger partial charge in [-0.05, 0) is 100 Å². The van der Waals surface area contributed by atoms with Crippen molar-refractivity contribution in [3.05, 3.63) is 46.5 Å². The maximum atomic E-state index is 12.4. The van der Waals surface area contributed by atoms with Crippen LogP contribution in [-0.2, 0) is 28.5 Å². The largest absolute Gasteiger partial charge is 0.504 e. The quantitative estimate of drug-likeness (QED) is 0.287. The third-order valence-electron chi connectivity index (χ3n) is 14.3. The maximum absolute atomic E-state index is 12.4. The van der Waals surface area contributed by atoms with E-state index in [1.54, 1.807) is 12.1 Å². The van der Waals surface area contributed by atoms with Crippen LogP contribution in [-0.4, -0.2) is 97.4 Å². The lowest BCUT2D eigenvalue weighted by molar-refractivity contribution is -0.209. The van der Waals surface area contributed by atoms with Crippen LogP contribution >= 0.6 is 0 Å². The average molecular weight is 645 g/mol. The third kappa shape index (κ3) is 3.32. The van der Waals surface area contributed by atoms with Crippen molar-refractivity contribution in [2.45, 2.75) is 123 Å². The number of piperidine rings is 2. The molecule has 0 aromatic heterocycles. The average Bonchev–Trinajstić information content (AvgIpc) is 3.57. The van der Waals surface area contributed by atoms with E-state index in [2.05, 4.69) is 10.2 Å². The molecule has 6 N–H and O–H groups in total. The van der Waals surface area contributed by atoms with E-state index in [0.29, 0.717) is 50.0 Å². The zero-order valence-corrected chi connectivity index (χ0v) is 26.6. The Morgan fingerprint density at radius 3 is 2.32 bits per heavy atom. The van der Waals surface area contributed by atoms with Crippen LogP contribution in [0.15, 0.2) is 24.3 Å². The molecule has 2 aromatic rings. The number of ketones is 1. The molecule has 4 heterocycles. The number of likely N-dealkylation sites (tertiary alicyclic amines) is 1. The van der Waals surface area contributed by atoms with Gasteiger partial charge in [0.2, 0.25) is 0 Å².